The number of carbonyl (C=O) groups excluding carboxylic acids is 1. The molecule has 1 amide bonds. The standard InChI is InChI=1S/C15H15ClN6O/c1-9-3-4-12(11(16)5-9)21-13(23)7-17-14-10-6-20-22(2)15(10)19-8-18-14/h3-6,8H,7H2,1-2H3,(H,21,23)(H,17,18,19). The third-order valence-electron chi connectivity index (χ3n) is 3.34. The van der Waals surface area contributed by atoms with E-state index in [1.54, 1.807) is 30.1 Å². The number of rotatable bonds is 4. The summed E-state index contributed by atoms with van der Waals surface area (Å²) in [7, 11) is 1.80. The van der Waals surface area contributed by atoms with Gasteiger partial charge in [-0.2, -0.15) is 5.10 Å². The van der Waals surface area contributed by atoms with E-state index in [0.29, 0.717) is 22.2 Å². The van der Waals surface area contributed by atoms with Crippen LogP contribution in [0.4, 0.5) is 11.5 Å². The molecular weight excluding hydrogens is 316 g/mol. The fourth-order valence-electron chi connectivity index (χ4n) is 2.18. The molecule has 0 bridgehead atoms. The summed E-state index contributed by atoms with van der Waals surface area (Å²) in [6.45, 7) is 2.00. The number of aryl methyl sites for hydroxylation is 2. The second-order valence-electron chi connectivity index (χ2n) is 5.11. The Labute approximate surface area is 137 Å². The van der Waals surface area contributed by atoms with Crippen LogP contribution >= 0.6 is 11.6 Å². The number of hydrogen-bond acceptors (Lipinski definition) is 5. The molecule has 23 heavy (non-hydrogen) atoms. The summed E-state index contributed by atoms with van der Waals surface area (Å²) in [5, 5.41) is 11.2. The number of halogens is 1. The number of amides is 1. The second-order valence-corrected chi connectivity index (χ2v) is 5.52. The molecule has 3 aromatic rings. The van der Waals surface area contributed by atoms with E-state index in [4.69, 9.17) is 11.6 Å². The number of benzene rings is 1. The number of nitrogens with zero attached hydrogens (tertiary/aromatic N) is 4. The zero-order chi connectivity index (χ0) is 16.4. The summed E-state index contributed by atoms with van der Waals surface area (Å²) < 4.78 is 1.65. The van der Waals surface area contributed by atoms with Crippen molar-refractivity contribution in [2.24, 2.45) is 7.05 Å². The summed E-state index contributed by atoms with van der Waals surface area (Å²) in [6, 6.07) is 5.46. The zero-order valence-electron chi connectivity index (χ0n) is 12.7. The van der Waals surface area contributed by atoms with Gasteiger partial charge in [-0.3, -0.25) is 9.48 Å². The van der Waals surface area contributed by atoms with Gasteiger partial charge in [-0.05, 0) is 24.6 Å². The van der Waals surface area contributed by atoms with E-state index < -0.39 is 0 Å². The number of carbonyl (C=O) groups is 1. The molecule has 0 saturated heterocycles. The van der Waals surface area contributed by atoms with Gasteiger partial charge in [0.25, 0.3) is 0 Å². The minimum atomic E-state index is -0.216. The van der Waals surface area contributed by atoms with E-state index in [1.807, 2.05) is 13.0 Å². The van der Waals surface area contributed by atoms with Gasteiger partial charge in [0.15, 0.2) is 5.65 Å². The minimum Gasteiger partial charge on any atom is -0.360 e. The van der Waals surface area contributed by atoms with E-state index in [1.165, 1.54) is 6.33 Å². The Hall–Kier alpha value is -2.67. The first-order chi connectivity index (χ1) is 11.0. The SMILES string of the molecule is Cc1ccc(NC(=O)CNc2ncnc3c2cnn3C)c(Cl)c1. The fourth-order valence-corrected chi connectivity index (χ4v) is 2.47. The largest absolute Gasteiger partial charge is 0.360 e. The van der Waals surface area contributed by atoms with Crippen molar-refractivity contribution in [2.45, 2.75) is 6.92 Å². The van der Waals surface area contributed by atoms with Gasteiger partial charge in [-0.15, -0.1) is 0 Å². The number of aromatic nitrogens is 4. The van der Waals surface area contributed by atoms with Crippen LogP contribution < -0.4 is 10.6 Å². The fraction of sp³-hybridized carbons (Fsp3) is 0.200. The predicted octanol–water partition coefficient (Wildman–Crippen LogP) is 2.38. The van der Waals surface area contributed by atoms with Crippen LogP contribution in [0.15, 0.2) is 30.7 Å². The lowest BCUT2D eigenvalue weighted by Gasteiger charge is -2.09. The maximum atomic E-state index is 12.1. The summed E-state index contributed by atoms with van der Waals surface area (Å²) in [5.74, 6) is 0.347. The van der Waals surface area contributed by atoms with Gasteiger partial charge >= 0.3 is 0 Å². The van der Waals surface area contributed by atoms with Crippen molar-refractivity contribution in [3.8, 4) is 0 Å². The van der Waals surface area contributed by atoms with Crippen molar-refractivity contribution in [3.63, 3.8) is 0 Å². The van der Waals surface area contributed by atoms with Crippen LogP contribution in [0.3, 0.4) is 0 Å². The van der Waals surface area contributed by atoms with Crippen molar-refractivity contribution in [1.82, 2.24) is 19.7 Å². The maximum absolute atomic E-state index is 12.1. The molecule has 0 atom stereocenters. The van der Waals surface area contributed by atoms with Crippen molar-refractivity contribution in [2.75, 3.05) is 17.2 Å². The molecule has 1 aromatic carbocycles. The number of nitrogens with one attached hydrogen (secondary N) is 2. The first-order valence-electron chi connectivity index (χ1n) is 6.97. The Morgan fingerprint density at radius 2 is 2.17 bits per heavy atom. The maximum Gasteiger partial charge on any atom is 0.243 e. The van der Waals surface area contributed by atoms with Crippen LogP contribution in [0, 0.1) is 6.92 Å². The van der Waals surface area contributed by atoms with Gasteiger partial charge in [0.05, 0.1) is 28.8 Å². The molecule has 7 nitrogen and oxygen atoms in total. The van der Waals surface area contributed by atoms with Gasteiger partial charge in [-0.1, -0.05) is 17.7 Å². The molecule has 0 radical (unpaired) electrons. The Bertz CT molecular complexity index is 876. The van der Waals surface area contributed by atoms with Crippen molar-refractivity contribution < 1.29 is 4.79 Å². The lowest BCUT2D eigenvalue weighted by atomic mass is 10.2. The molecule has 3 rings (SSSR count). The number of hydrogen-bond donors (Lipinski definition) is 2. The predicted molar refractivity (Wildman–Crippen MR) is 89.6 cm³/mol. The molecule has 0 aliphatic carbocycles. The quantitative estimate of drug-likeness (QED) is 0.767. The second kappa shape index (κ2) is 6.21. The van der Waals surface area contributed by atoms with E-state index in [2.05, 4.69) is 25.7 Å². The van der Waals surface area contributed by atoms with Crippen molar-refractivity contribution in [1.29, 1.82) is 0 Å². The van der Waals surface area contributed by atoms with E-state index >= 15 is 0 Å². The number of anilines is 2. The molecule has 0 unspecified atom stereocenters. The molecule has 2 N–H and O–H groups in total. The summed E-state index contributed by atoms with van der Waals surface area (Å²) >= 11 is 6.10. The summed E-state index contributed by atoms with van der Waals surface area (Å²) in [6.07, 6.45) is 3.09. The molecule has 118 valence electrons. The van der Waals surface area contributed by atoms with Gasteiger partial charge in [0.1, 0.15) is 12.1 Å². The highest BCUT2D eigenvalue weighted by molar-refractivity contribution is 6.33. The number of fused-ring (bicyclic) bond motifs is 1. The molecule has 0 fully saturated rings. The summed E-state index contributed by atoms with van der Waals surface area (Å²) in [4.78, 5) is 20.4. The molecule has 0 spiro atoms. The smallest absolute Gasteiger partial charge is 0.243 e. The molecule has 0 aliphatic heterocycles. The van der Waals surface area contributed by atoms with Crippen LogP contribution in [0.25, 0.3) is 11.0 Å². The minimum absolute atomic E-state index is 0.0607. The van der Waals surface area contributed by atoms with E-state index in [9.17, 15) is 4.79 Å². The van der Waals surface area contributed by atoms with Crippen molar-refractivity contribution in [3.05, 3.63) is 41.3 Å². The normalized spacial score (nSPS) is 10.7. The third kappa shape index (κ3) is 3.24. The zero-order valence-corrected chi connectivity index (χ0v) is 13.4. The molecule has 8 heteroatoms. The monoisotopic (exact) mass is 330 g/mol. The van der Waals surface area contributed by atoms with Crippen LogP contribution in [0.2, 0.25) is 5.02 Å². The lowest BCUT2D eigenvalue weighted by Crippen LogP contribution is -2.22. The first-order valence-corrected chi connectivity index (χ1v) is 7.35. The molecule has 0 aliphatic rings. The van der Waals surface area contributed by atoms with Crippen LogP contribution in [-0.2, 0) is 11.8 Å². The highest BCUT2D eigenvalue weighted by Gasteiger charge is 2.10. The Balaban J connectivity index is 1.68. The molecule has 0 saturated carbocycles. The molecule has 2 heterocycles. The van der Waals surface area contributed by atoms with Gasteiger partial charge in [0.2, 0.25) is 5.91 Å². The Kier molecular flexibility index (Phi) is 4.12. The highest BCUT2D eigenvalue weighted by Crippen LogP contribution is 2.22. The van der Waals surface area contributed by atoms with Crippen molar-refractivity contribution >= 4 is 40.0 Å². The lowest BCUT2D eigenvalue weighted by molar-refractivity contribution is -0.114. The average molecular weight is 331 g/mol. The molecule has 2 aromatic heterocycles. The third-order valence-corrected chi connectivity index (χ3v) is 3.66. The topological polar surface area (TPSA) is 84.7 Å². The van der Waals surface area contributed by atoms with E-state index in [0.717, 1.165) is 10.9 Å². The highest BCUT2D eigenvalue weighted by atomic mass is 35.5. The molecular formula is C15H15ClN6O. The van der Waals surface area contributed by atoms with Gasteiger partial charge < -0.3 is 10.6 Å². The van der Waals surface area contributed by atoms with Gasteiger partial charge in [0, 0.05) is 7.05 Å². The first kappa shape index (κ1) is 15.2. The van der Waals surface area contributed by atoms with Crippen LogP contribution in [0.5, 0.6) is 0 Å². The average Bonchev–Trinajstić information content (AvgIpc) is 2.90. The van der Waals surface area contributed by atoms with Crippen LogP contribution in [-0.4, -0.2) is 32.2 Å². The Morgan fingerprint density at radius 1 is 1.35 bits per heavy atom. The summed E-state index contributed by atoms with van der Waals surface area (Å²) in [5.41, 5.74) is 2.31. The van der Waals surface area contributed by atoms with Gasteiger partial charge in [-0.25, -0.2) is 9.97 Å². The van der Waals surface area contributed by atoms with Crippen LogP contribution in [0.1, 0.15) is 5.56 Å². The van der Waals surface area contributed by atoms with E-state index in [-0.39, 0.29) is 12.5 Å². The Morgan fingerprint density at radius 3 is 2.96 bits per heavy atom.